The first-order chi connectivity index (χ1) is 11.1. The number of nitrogens with zero attached hydrogens (tertiary/aromatic N) is 2. The van der Waals surface area contributed by atoms with Crippen molar-refractivity contribution in [2.45, 2.75) is 13.1 Å². The first kappa shape index (κ1) is 17.1. The van der Waals surface area contributed by atoms with Gasteiger partial charge in [-0.25, -0.2) is 0 Å². The topological polar surface area (TPSA) is 6.48 Å². The molecule has 0 saturated carbocycles. The van der Waals surface area contributed by atoms with E-state index < -0.39 is 0 Å². The van der Waals surface area contributed by atoms with E-state index >= 15 is 0 Å². The lowest BCUT2D eigenvalue weighted by Gasteiger charge is -2.35. The molecule has 1 saturated heterocycles. The molecule has 0 amide bonds. The molecule has 0 aliphatic carbocycles. The average Bonchev–Trinajstić information content (AvgIpc) is 2.54. The second kappa shape index (κ2) is 7.87. The van der Waals surface area contributed by atoms with Gasteiger partial charge in [0.05, 0.1) is 0 Å². The molecule has 0 radical (unpaired) electrons. The molecule has 5 heteroatoms. The fourth-order valence-electron chi connectivity index (χ4n) is 2.86. The minimum atomic E-state index is 0.684. The summed E-state index contributed by atoms with van der Waals surface area (Å²) >= 11 is 18.5. The van der Waals surface area contributed by atoms with Gasteiger partial charge in [-0.15, -0.1) is 0 Å². The van der Waals surface area contributed by atoms with E-state index in [0.29, 0.717) is 5.02 Å². The highest BCUT2D eigenvalue weighted by molar-refractivity contribution is 6.35. The van der Waals surface area contributed by atoms with Crippen LogP contribution in [-0.2, 0) is 13.1 Å². The zero-order valence-electron chi connectivity index (χ0n) is 12.8. The number of piperazine rings is 1. The van der Waals surface area contributed by atoms with Crippen molar-refractivity contribution in [3.63, 3.8) is 0 Å². The number of rotatable bonds is 4. The average molecular weight is 370 g/mol. The van der Waals surface area contributed by atoms with Crippen molar-refractivity contribution in [3.8, 4) is 0 Å². The molecule has 2 aromatic carbocycles. The third-order valence-electron chi connectivity index (χ3n) is 4.23. The van der Waals surface area contributed by atoms with E-state index in [9.17, 15) is 0 Å². The third-order valence-corrected chi connectivity index (χ3v) is 5.18. The molecule has 1 aliphatic rings. The summed E-state index contributed by atoms with van der Waals surface area (Å²) < 4.78 is 0. The highest BCUT2D eigenvalue weighted by Crippen LogP contribution is 2.23. The summed E-state index contributed by atoms with van der Waals surface area (Å²) in [6.45, 7) is 5.92. The molecule has 0 atom stereocenters. The maximum atomic E-state index is 6.27. The quantitative estimate of drug-likeness (QED) is 0.751. The summed E-state index contributed by atoms with van der Waals surface area (Å²) in [6, 6.07) is 13.8. The van der Waals surface area contributed by atoms with Crippen molar-refractivity contribution in [3.05, 3.63) is 68.7 Å². The standard InChI is InChI=1S/C18H19Cl3N2/c19-16-6-5-15(18(21)11-16)13-23-9-7-22(8-10-23)12-14-3-1-2-4-17(14)20/h1-6,11H,7-10,12-13H2. The van der Waals surface area contributed by atoms with E-state index in [-0.39, 0.29) is 0 Å². The van der Waals surface area contributed by atoms with Crippen molar-refractivity contribution in [1.82, 2.24) is 9.80 Å². The van der Waals surface area contributed by atoms with E-state index in [0.717, 1.165) is 54.9 Å². The summed E-state index contributed by atoms with van der Waals surface area (Å²) in [6.07, 6.45) is 0. The Bertz CT molecular complexity index is 667. The van der Waals surface area contributed by atoms with E-state index in [1.807, 2.05) is 36.4 Å². The van der Waals surface area contributed by atoms with Crippen molar-refractivity contribution in [2.75, 3.05) is 26.2 Å². The summed E-state index contributed by atoms with van der Waals surface area (Å²) in [5.41, 5.74) is 2.33. The fourth-order valence-corrected chi connectivity index (χ4v) is 3.53. The van der Waals surface area contributed by atoms with Gasteiger partial charge in [-0.05, 0) is 29.3 Å². The van der Waals surface area contributed by atoms with Gasteiger partial charge in [-0.1, -0.05) is 59.1 Å². The van der Waals surface area contributed by atoms with Gasteiger partial charge in [0.2, 0.25) is 0 Å². The van der Waals surface area contributed by atoms with Crippen LogP contribution in [0.25, 0.3) is 0 Å². The zero-order valence-corrected chi connectivity index (χ0v) is 15.1. The lowest BCUT2D eigenvalue weighted by atomic mass is 10.1. The number of halogens is 3. The molecule has 2 aromatic rings. The van der Waals surface area contributed by atoms with Gasteiger partial charge < -0.3 is 0 Å². The van der Waals surface area contributed by atoms with Crippen LogP contribution >= 0.6 is 34.8 Å². The Morgan fingerprint density at radius 2 is 1.26 bits per heavy atom. The van der Waals surface area contributed by atoms with Gasteiger partial charge in [-0.2, -0.15) is 0 Å². The molecule has 0 N–H and O–H groups in total. The Morgan fingerprint density at radius 1 is 0.696 bits per heavy atom. The first-order valence-electron chi connectivity index (χ1n) is 7.74. The van der Waals surface area contributed by atoms with Crippen molar-refractivity contribution < 1.29 is 0 Å². The molecule has 0 aromatic heterocycles. The second-order valence-corrected chi connectivity index (χ2v) is 7.13. The molecular formula is C18H19Cl3N2. The minimum absolute atomic E-state index is 0.684. The number of benzene rings is 2. The van der Waals surface area contributed by atoms with Gasteiger partial charge in [-0.3, -0.25) is 9.80 Å². The van der Waals surface area contributed by atoms with Crippen LogP contribution in [0.2, 0.25) is 15.1 Å². The van der Waals surface area contributed by atoms with Crippen molar-refractivity contribution >= 4 is 34.8 Å². The van der Waals surface area contributed by atoms with Crippen molar-refractivity contribution in [1.29, 1.82) is 0 Å². The molecule has 1 heterocycles. The predicted molar refractivity (Wildman–Crippen MR) is 98.5 cm³/mol. The van der Waals surface area contributed by atoms with Crippen LogP contribution in [0.1, 0.15) is 11.1 Å². The maximum Gasteiger partial charge on any atom is 0.0465 e. The van der Waals surface area contributed by atoms with E-state index in [2.05, 4.69) is 15.9 Å². The van der Waals surface area contributed by atoms with Gasteiger partial charge >= 0.3 is 0 Å². The van der Waals surface area contributed by atoms with E-state index in [1.165, 1.54) is 5.56 Å². The fraction of sp³-hybridized carbons (Fsp3) is 0.333. The molecule has 1 aliphatic heterocycles. The van der Waals surface area contributed by atoms with E-state index in [1.54, 1.807) is 0 Å². The van der Waals surface area contributed by atoms with Crippen LogP contribution in [-0.4, -0.2) is 36.0 Å². The maximum absolute atomic E-state index is 6.27. The smallest absolute Gasteiger partial charge is 0.0465 e. The van der Waals surface area contributed by atoms with Crippen LogP contribution in [0.5, 0.6) is 0 Å². The van der Waals surface area contributed by atoms with Crippen LogP contribution in [0.15, 0.2) is 42.5 Å². The summed E-state index contributed by atoms with van der Waals surface area (Å²) in [5, 5.41) is 2.28. The number of hydrogen-bond acceptors (Lipinski definition) is 2. The van der Waals surface area contributed by atoms with Gasteiger partial charge in [0.25, 0.3) is 0 Å². The Labute approximate surface area is 152 Å². The Balaban J connectivity index is 1.53. The van der Waals surface area contributed by atoms with Gasteiger partial charge in [0, 0.05) is 54.3 Å². The molecular weight excluding hydrogens is 351 g/mol. The Morgan fingerprint density at radius 3 is 1.83 bits per heavy atom. The summed E-state index contributed by atoms with van der Waals surface area (Å²) in [7, 11) is 0. The monoisotopic (exact) mass is 368 g/mol. The van der Waals surface area contributed by atoms with Gasteiger partial charge in [0.15, 0.2) is 0 Å². The summed E-state index contributed by atoms with van der Waals surface area (Å²) in [5.74, 6) is 0. The molecule has 2 nitrogen and oxygen atoms in total. The largest absolute Gasteiger partial charge is 0.296 e. The summed E-state index contributed by atoms with van der Waals surface area (Å²) in [4.78, 5) is 4.87. The Kier molecular flexibility index (Phi) is 5.84. The third kappa shape index (κ3) is 4.62. The highest BCUT2D eigenvalue weighted by Gasteiger charge is 2.18. The highest BCUT2D eigenvalue weighted by atomic mass is 35.5. The lowest BCUT2D eigenvalue weighted by molar-refractivity contribution is 0.122. The molecule has 1 fully saturated rings. The molecule has 0 spiro atoms. The van der Waals surface area contributed by atoms with Crippen molar-refractivity contribution in [2.24, 2.45) is 0 Å². The zero-order chi connectivity index (χ0) is 16.2. The molecule has 122 valence electrons. The van der Waals surface area contributed by atoms with E-state index in [4.69, 9.17) is 34.8 Å². The molecule has 0 bridgehead atoms. The first-order valence-corrected chi connectivity index (χ1v) is 8.87. The van der Waals surface area contributed by atoms with Crippen LogP contribution in [0, 0.1) is 0 Å². The molecule has 23 heavy (non-hydrogen) atoms. The normalized spacial score (nSPS) is 16.7. The van der Waals surface area contributed by atoms with Crippen LogP contribution in [0.4, 0.5) is 0 Å². The van der Waals surface area contributed by atoms with Crippen LogP contribution < -0.4 is 0 Å². The second-order valence-electron chi connectivity index (χ2n) is 5.88. The van der Waals surface area contributed by atoms with Gasteiger partial charge in [0.1, 0.15) is 0 Å². The predicted octanol–water partition coefficient (Wildman–Crippen LogP) is 4.96. The van der Waals surface area contributed by atoms with Crippen LogP contribution in [0.3, 0.4) is 0 Å². The lowest BCUT2D eigenvalue weighted by Crippen LogP contribution is -2.45. The SMILES string of the molecule is Clc1ccc(CN2CCN(Cc3ccccc3Cl)CC2)c(Cl)c1. The Hall–Kier alpha value is -0.770. The minimum Gasteiger partial charge on any atom is -0.296 e. The molecule has 3 rings (SSSR count). The molecule has 0 unspecified atom stereocenters. The number of hydrogen-bond donors (Lipinski definition) is 0.